The summed E-state index contributed by atoms with van der Waals surface area (Å²) in [5.74, 6) is 0.273. The maximum Gasteiger partial charge on any atom is 0.176 e. The summed E-state index contributed by atoms with van der Waals surface area (Å²) in [5, 5.41) is 9.65. The van der Waals surface area contributed by atoms with Gasteiger partial charge in [-0.1, -0.05) is 12.1 Å². The van der Waals surface area contributed by atoms with Crippen LogP contribution >= 0.6 is 0 Å². The van der Waals surface area contributed by atoms with Crippen molar-refractivity contribution in [3.05, 3.63) is 59.7 Å². The van der Waals surface area contributed by atoms with Gasteiger partial charge in [0.1, 0.15) is 5.75 Å². The molecule has 0 unspecified atom stereocenters. The van der Waals surface area contributed by atoms with E-state index < -0.39 is 0 Å². The SMILES string of the molecule is CN(C)CC(=O)c1ccc(N=Cc2ccccc2O)cc1. The van der Waals surface area contributed by atoms with E-state index in [1.165, 1.54) is 0 Å². The van der Waals surface area contributed by atoms with Crippen molar-refractivity contribution in [1.82, 2.24) is 4.90 Å². The largest absolute Gasteiger partial charge is 0.507 e. The number of nitrogens with zero attached hydrogens (tertiary/aromatic N) is 2. The molecular weight excluding hydrogens is 264 g/mol. The molecule has 0 saturated carbocycles. The molecule has 0 aliphatic rings. The summed E-state index contributed by atoms with van der Waals surface area (Å²) in [6, 6.07) is 14.1. The highest BCUT2D eigenvalue weighted by Gasteiger charge is 2.06. The Morgan fingerprint density at radius 3 is 2.43 bits per heavy atom. The molecule has 0 spiro atoms. The van der Waals surface area contributed by atoms with Crippen molar-refractivity contribution in [1.29, 1.82) is 0 Å². The molecule has 21 heavy (non-hydrogen) atoms. The number of carbonyl (C=O) groups is 1. The van der Waals surface area contributed by atoms with Gasteiger partial charge in [-0.3, -0.25) is 9.79 Å². The Morgan fingerprint density at radius 2 is 1.81 bits per heavy atom. The number of para-hydroxylation sites is 1. The molecule has 4 nitrogen and oxygen atoms in total. The normalized spacial score (nSPS) is 11.2. The third-order valence-corrected chi connectivity index (χ3v) is 2.94. The first kappa shape index (κ1) is 14.9. The molecular formula is C17H18N2O2. The van der Waals surface area contributed by atoms with E-state index in [2.05, 4.69) is 4.99 Å². The average molecular weight is 282 g/mol. The summed E-state index contributed by atoms with van der Waals surface area (Å²) >= 11 is 0. The lowest BCUT2D eigenvalue weighted by molar-refractivity contribution is 0.0958. The van der Waals surface area contributed by atoms with Crippen molar-refractivity contribution in [2.24, 2.45) is 4.99 Å². The van der Waals surface area contributed by atoms with Crippen molar-refractivity contribution < 1.29 is 9.90 Å². The van der Waals surface area contributed by atoms with Gasteiger partial charge in [-0.15, -0.1) is 0 Å². The minimum Gasteiger partial charge on any atom is -0.507 e. The van der Waals surface area contributed by atoms with Gasteiger partial charge in [0.05, 0.1) is 12.2 Å². The smallest absolute Gasteiger partial charge is 0.176 e. The summed E-state index contributed by atoms with van der Waals surface area (Å²) in [4.78, 5) is 18.0. The van der Waals surface area contributed by atoms with E-state index in [-0.39, 0.29) is 11.5 Å². The van der Waals surface area contributed by atoms with Gasteiger partial charge in [0.2, 0.25) is 0 Å². The van der Waals surface area contributed by atoms with E-state index in [9.17, 15) is 9.90 Å². The zero-order chi connectivity index (χ0) is 15.2. The summed E-state index contributed by atoms with van der Waals surface area (Å²) in [6.07, 6.45) is 1.60. The van der Waals surface area contributed by atoms with Crippen LogP contribution in [0.25, 0.3) is 0 Å². The second kappa shape index (κ2) is 6.81. The molecule has 0 radical (unpaired) electrons. The number of hydrogen-bond donors (Lipinski definition) is 1. The van der Waals surface area contributed by atoms with Gasteiger partial charge in [0, 0.05) is 17.3 Å². The second-order valence-electron chi connectivity index (χ2n) is 5.02. The lowest BCUT2D eigenvalue weighted by atomic mass is 10.1. The fourth-order valence-corrected chi connectivity index (χ4v) is 1.85. The highest BCUT2D eigenvalue weighted by molar-refractivity contribution is 5.97. The molecule has 0 aliphatic heterocycles. The predicted octanol–water partition coefficient (Wildman–Crippen LogP) is 2.89. The second-order valence-corrected chi connectivity index (χ2v) is 5.02. The highest BCUT2D eigenvalue weighted by atomic mass is 16.3. The molecule has 0 aromatic heterocycles. The van der Waals surface area contributed by atoms with Crippen molar-refractivity contribution >= 4 is 17.7 Å². The molecule has 0 aliphatic carbocycles. The van der Waals surface area contributed by atoms with Gasteiger partial charge in [-0.05, 0) is 50.5 Å². The number of phenols is 1. The number of rotatable bonds is 5. The molecule has 2 aromatic rings. The zero-order valence-electron chi connectivity index (χ0n) is 12.2. The van der Waals surface area contributed by atoms with Crippen LogP contribution in [0.2, 0.25) is 0 Å². The third-order valence-electron chi connectivity index (χ3n) is 2.94. The van der Waals surface area contributed by atoms with Crippen LogP contribution in [0.15, 0.2) is 53.5 Å². The quantitative estimate of drug-likeness (QED) is 0.677. The van der Waals surface area contributed by atoms with Crippen LogP contribution in [0.1, 0.15) is 15.9 Å². The molecule has 2 rings (SSSR count). The molecule has 108 valence electrons. The molecule has 0 fully saturated rings. The van der Waals surface area contributed by atoms with Crippen LogP contribution in [0.4, 0.5) is 5.69 Å². The number of hydrogen-bond acceptors (Lipinski definition) is 4. The number of benzene rings is 2. The molecule has 0 heterocycles. The first-order chi connectivity index (χ1) is 10.1. The molecule has 0 bridgehead atoms. The fourth-order valence-electron chi connectivity index (χ4n) is 1.85. The van der Waals surface area contributed by atoms with Crippen LogP contribution in [0.5, 0.6) is 5.75 Å². The van der Waals surface area contributed by atoms with Gasteiger partial charge in [-0.2, -0.15) is 0 Å². The summed E-state index contributed by atoms with van der Waals surface area (Å²) in [5.41, 5.74) is 2.06. The van der Waals surface area contributed by atoms with E-state index in [1.54, 1.807) is 48.7 Å². The van der Waals surface area contributed by atoms with Gasteiger partial charge in [0.15, 0.2) is 5.78 Å². The Morgan fingerprint density at radius 1 is 1.14 bits per heavy atom. The van der Waals surface area contributed by atoms with Crippen molar-refractivity contribution in [2.75, 3.05) is 20.6 Å². The third kappa shape index (κ3) is 4.26. The first-order valence-electron chi connectivity index (χ1n) is 6.66. The predicted molar refractivity (Wildman–Crippen MR) is 84.7 cm³/mol. The lowest BCUT2D eigenvalue weighted by Crippen LogP contribution is -2.21. The average Bonchev–Trinajstić information content (AvgIpc) is 2.46. The van der Waals surface area contributed by atoms with Crippen LogP contribution < -0.4 is 0 Å². The molecule has 1 N–H and O–H groups in total. The number of ketones is 1. The molecule has 2 aromatic carbocycles. The maximum absolute atomic E-state index is 11.9. The van der Waals surface area contributed by atoms with Crippen LogP contribution in [0.3, 0.4) is 0 Å². The van der Waals surface area contributed by atoms with Crippen LogP contribution in [-0.2, 0) is 0 Å². The minimum absolute atomic E-state index is 0.0798. The maximum atomic E-state index is 11.9. The Hall–Kier alpha value is -2.46. The van der Waals surface area contributed by atoms with Crippen molar-refractivity contribution in [2.45, 2.75) is 0 Å². The van der Waals surface area contributed by atoms with E-state index >= 15 is 0 Å². The fraction of sp³-hybridized carbons (Fsp3) is 0.176. The Bertz CT molecular complexity index is 646. The number of phenolic OH excluding ortho intramolecular Hbond substituents is 1. The van der Waals surface area contributed by atoms with Gasteiger partial charge in [-0.25, -0.2) is 0 Å². The highest BCUT2D eigenvalue weighted by Crippen LogP contribution is 2.17. The van der Waals surface area contributed by atoms with Crippen molar-refractivity contribution in [3.63, 3.8) is 0 Å². The van der Waals surface area contributed by atoms with Crippen molar-refractivity contribution in [3.8, 4) is 5.75 Å². The van der Waals surface area contributed by atoms with E-state index in [0.717, 1.165) is 5.69 Å². The van der Waals surface area contributed by atoms with Gasteiger partial charge < -0.3 is 10.0 Å². The van der Waals surface area contributed by atoms with Crippen LogP contribution in [-0.4, -0.2) is 42.6 Å². The number of aliphatic imine (C=N–C) groups is 1. The van der Waals surface area contributed by atoms with E-state index in [4.69, 9.17) is 0 Å². The molecule has 0 amide bonds. The minimum atomic E-state index is 0.0798. The Balaban J connectivity index is 2.09. The van der Waals surface area contributed by atoms with E-state index in [0.29, 0.717) is 17.7 Å². The van der Waals surface area contributed by atoms with E-state index in [1.807, 2.05) is 25.1 Å². The Kier molecular flexibility index (Phi) is 4.85. The van der Waals surface area contributed by atoms with Gasteiger partial charge >= 0.3 is 0 Å². The Labute approximate surface area is 124 Å². The number of carbonyl (C=O) groups excluding carboxylic acids is 1. The zero-order valence-corrected chi connectivity index (χ0v) is 12.2. The lowest BCUT2D eigenvalue weighted by Gasteiger charge is -2.08. The molecule has 0 atom stereocenters. The van der Waals surface area contributed by atoms with Crippen LogP contribution in [0, 0.1) is 0 Å². The number of Topliss-reactive ketones (excluding diaryl/α,β-unsaturated/α-hetero) is 1. The number of aromatic hydroxyl groups is 1. The summed E-state index contributed by atoms with van der Waals surface area (Å²) in [6.45, 7) is 0.389. The number of likely N-dealkylation sites (N-methyl/N-ethyl adjacent to an activating group) is 1. The topological polar surface area (TPSA) is 52.9 Å². The summed E-state index contributed by atoms with van der Waals surface area (Å²) in [7, 11) is 3.73. The van der Waals surface area contributed by atoms with Gasteiger partial charge in [0.25, 0.3) is 0 Å². The summed E-state index contributed by atoms with van der Waals surface area (Å²) < 4.78 is 0. The standard InChI is InChI=1S/C17H18N2O2/c1-19(2)12-17(21)13-7-9-15(10-8-13)18-11-14-5-3-4-6-16(14)20/h3-11,20H,12H2,1-2H3. The molecule has 4 heteroatoms. The monoisotopic (exact) mass is 282 g/mol. The molecule has 0 saturated heterocycles. The first-order valence-corrected chi connectivity index (χ1v) is 6.66.